The van der Waals surface area contributed by atoms with E-state index in [1.165, 1.54) is 0 Å². The molecule has 22 heavy (non-hydrogen) atoms. The summed E-state index contributed by atoms with van der Waals surface area (Å²) in [6, 6.07) is 0. The number of hydrogen-bond acceptors (Lipinski definition) is 5. The standard InChI is InChI=1S/C15H21N3O2S2/c1-11-8-18-12(9-22-14(18)17-11)2-3-13(19)16-10-15(20)4-6-21-7-5-15/h8-9,20H,2-7,10H2,1H3,(H,16,19). The molecule has 0 radical (unpaired) electrons. The average Bonchev–Trinajstić information content (AvgIpc) is 3.03. The minimum Gasteiger partial charge on any atom is -0.388 e. The Hall–Kier alpha value is -1.05. The summed E-state index contributed by atoms with van der Waals surface area (Å²) < 4.78 is 2.05. The van der Waals surface area contributed by atoms with Gasteiger partial charge in [0.2, 0.25) is 5.91 Å². The number of aromatic nitrogens is 2. The number of thiazole rings is 1. The molecule has 2 N–H and O–H groups in total. The van der Waals surface area contributed by atoms with E-state index in [2.05, 4.69) is 20.1 Å². The van der Waals surface area contributed by atoms with Crippen LogP contribution >= 0.6 is 23.1 Å². The molecule has 0 aliphatic carbocycles. The Morgan fingerprint density at radius 2 is 2.27 bits per heavy atom. The maximum absolute atomic E-state index is 12.0. The molecule has 0 unspecified atom stereocenters. The van der Waals surface area contributed by atoms with E-state index in [-0.39, 0.29) is 5.91 Å². The number of fused-ring (bicyclic) bond motifs is 1. The van der Waals surface area contributed by atoms with Gasteiger partial charge in [0.05, 0.1) is 11.3 Å². The lowest BCUT2D eigenvalue weighted by atomic mass is 9.97. The Morgan fingerprint density at radius 1 is 1.50 bits per heavy atom. The molecular formula is C15H21N3O2S2. The highest BCUT2D eigenvalue weighted by molar-refractivity contribution is 7.99. The summed E-state index contributed by atoms with van der Waals surface area (Å²) in [7, 11) is 0. The van der Waals surface area contributed by atoms with Crippen molar-refractivity contribution in [1.29, 1.82) is 0 Å². The maximum Gasteiger partial charge on any atom is 0.220 e. The van der Waals surface area contributed by atoms with E-state index in [0.717, 1.165) is 40.7 Å². The lowest BCUT2D eigenvalue weighted by Gasteiger charge is -2.31. The van der Waals surface area contributed by atoms with E-state index in [1.807, 2.05) is 24.9 Å². The van der Waals surface area contributed by atoms with Crippen molar-refractivity contribution < 1.29 is 9.90 Å². The van der Waals surface area contributed by atoms with Gasteiger partial charge in [0, 0.05) is 30.2 Å². The van der Waals surface area contributed by atoms with Crippen LogP contribution in [0.25, 0.3) is 4.96 Å². The number of carbonyl (C=O) groups excluding carboxylic acids is 1. The topological polar surface area (TPSA) is 66.6 Å². The molecule has 3 heterocycles. The van der Waals surface area contributed by atoms with Crippen molar-refractivity contribution in [2.24, 2.45) is 0 Å². The monoisotopic (exact) mass is 339 g/mol. The highest BCUT2D eigenvalue weighted by atomic mass is 32.2. The SMILES string of the molecule is Cc1cn2c(CCC(=O)NCC3(O)CCSCC3)csc2n1. The van der Waals surface area contributed by atoms with Gasteiger partial charge in [0.25, 0.3) is 0 Å². The molecule has 120 valence electrons. The second-order valence-electron chi connectivity index (χ2n) is 5.88. The summed E-state index contributed by atoms with van der Waals surface area (Å²) in [5, 5.41) is 15.3. The summed E-state index contributed by atoms with van der Waals surface area (Å²) in [5.41, 5.74) is 1.40. The van der Waals surface area contributed by atoms with Crippen molar-refractivity contribution in [1.82, 2.24) is 14.7 Å². The average molecular weight is 339 g/mol. The summed E-state index contributed by atoms with van der Waals surface area (Å²) in [6.45, 7) is 2.34. The number of hydrogen-bond donors (Lipinski definition) is 2. The zero-order chi connectivity index (χ0) is 15.6. The Labute approximate surface area is 138 Å². The first-order valence-electron chi connectivity index (χ1n) is 7.55. The van der Waals surface area contributed by atoms with E-state index in [0.29, 0.717) is 19.4 Å². The molecule has 7 heteroatoms. The van der Waals surface area contributed by atoms with Crippen molar-refractivity contribution >= 4 is 34.0 Å². The molecule has 1 aliphatic rings. The maximum atomic E-state index is 12.0. The fraction of sp³-hybridized carbons (Fsp3) is 0.600. The number of imidazole rings is 1. The van der Waals surface area contributed by atoms with Gasteiger partial charge in [-0.1, -0.05) is 0 Å². The van der Waals surface area contributed by atoms with Crippen LogP contribution in [0, 0.1) is 6.92 Å². The van der Waals surface area contributed by atoms with Crippen LogP contribution < -0.4 is 5.32 Å². The normalized spacial score (nSPS) is 17.7. The van der Waals surface area contributed by atoms with Crippen molar-refractivity contribution in [2.45, 2.75) is 38.2 Å². The summed E-state index contributed by atoms with van der Waals surface area (Å²) >= 11 is 3.46. The fourth-order valence-corrected chi connectivity index (χ4v) is 4.85. The third-order valence-electron chi connectivity index (χ3n) is 4.05. The summed E-state index contributed by atoms with van der Waals surface area (Å²) in [4.78, 5) is 17.4. The largest absolute Gasteiger partial charge is 0.388 e. The first kappa shape index (κ1) is 15.8. The van der Waals surface area contributed by atoms with Gasteiger partial charge in [-0.2, -0.15) is 11.8 Å². The molecule has 3 rings (SSSR count). The van der Waals surface area contributed by atoms with E-state index in [1.54, 1.807) is 11.3 Å². The van der Waals surface area contributed by atoms with Gasteiger partial charge in [0.1, 0.15) is 0 Å². The van der Waals surface area contributed by atoms with Crippen molar-refractivity contribution in [2.75, 3.05) is 18.1 Å². The van der Waals surface area contributed by atoms with Gasteiger partial charge in [0.15, 0.2) is 4.96 Å². The number of aryl methyl sites for hydroxylation is 2. The number of rotatable bonds is 5. The molecule has 1 aliphatic heterocycles. The van der Waals surface area contributed by atoms with Gasteiger partial charge in [-0.15, -0.1) is 11.3 Å². The first-order valence-corrected chi connectivity index (χ1v) is 9.58. The minimum atomic E-state index is -0.710. The highest BCUT2D eigenvalue weighted by Gasteiger charge is 2.29. The van der Waals surface area contributed by atoms with Crippen LogP contribution in [0.1, 0.15) is 30.7 Å². The quantitative estimate of drug-likeness (QED) is 0.874. The molecule has 0 atom stereocenters. The molecule has 2 aromatic rings. The van der Waals surface area contributed by atoms with E-state index >= 15 is 0 Å². The van der Waals surface area contributed by atoms with Crippen LogP contribution in [-0.4, -0.2) is 44.0 Å². The second kappa shape index (κ2) is 6.60. The number of carbonyl (C=O) groups is 1. The minimum absolute atomic E-state index is 0.00263. The Morgan fingerprint density at radius 3 is 3.05 bits per heavy atom. The highest BCUT2D eigenvalue weighted by Crippen LogP contribution is 2.26. The number of nitrogens with one attached hydrogen (secondary N) is 1. The molecular weight excluding hydrogens is 318 g/mol. The Bertz CT molecular complexity index is 659. The predicted octanol–water partition coefficient (Wildman–Crippen LogP) is 2.01. The van der Waals surface area contributed by atoms with E-state index in [4.69, 9.17) is 0 Å². The van der Waals surface area contributed by atoms with Crippen LogP contribution in [0.4, 0.5) is 0 Å². The van der Waals surface area contributed by atoms with E-state index < -0.39 is 5.60 Å². The van der Waals surface area contributed by atoms with Crippen LogP contribution in [0.5, 0.6) is 0 Å². The number of nitrogens with zero attached hydrogens (tertiary/aromatic N) is 2. The molecule has 0 aromatic carbocycles. The summed E-state index contributed by atoms with van der Waals surface area (Å²) in [6.07, 6.45) is 4.65. The molecule has 2 aromatic heterocycles. The van der Waals surface area contributed by atoms with E-state index in [9.17, 15) is 9.90 Å². The number of aliphatic hydroxyl groups is 1. The van der Waals surface area contributed by atoms with Gasteiger partial charge in [-0.25, -0.2) is 4.98 Å². The van der Waals surface area contributed by atoms with Crippen molar-refractivity contribution in [3.63, 3.8) is 0 Å². The second-order valence-corrected chi connectivity index (χ2v) is 7.94. The first-order chi connectivity index (χ1) is 10.6. The number of amides is 1. The van der Waals surface area contributed by atoms with Crippen molar-refractivity contribution in [3.05, 3.63) is 23.0 Å². The molecule has 0 bridgehead atoms. The lowest BCUT2D eigenvalue weighted by molar-refractivity contribution is -0.122. The van der Waals surface area contributed by atoms with Gasteiger partial charge in [-0.3, -0.25) is 9.20 Å². The van der Waals surface area contributed by atoms with Crippen LogP contribution in [0.15, 0.2) is 11.6 Å². The third-order valence-corrected chi connectivity index (χ3v) is 5.92. The Kier molecular flexibility index (Phi) is 4.75. The van der Waals surface area contributed by atoms with Crippen LogP contribution in [-0.2, 0) is 11.2 Å². The molecule has 5 nitrogen and oxygen atoms in total. The fourth-order valence-electron chi connectivity index (χ4n) is 2.64. The predicted molar refractivity (Wildman–Crippen MR) is 90.6 cm³/mol. The molecule has 0 saturated carbocycles. The van der Waals surface area contributed by atoms with Gasteiger partial charge >= 0.3 is 0 Å². The summed E-state index contributed by atoms with van der Waals surface area (Å²) in [5.74, 6) is 1.95. The molecule has 1 saturated heterocycles. The molecule has 1 fully saturated rings. The zero-order valence-electron chi connectivity index (χ0n) is 12.7. The van der Waals surface area contributed by atoms with Gasteiger partial charge < -0.3 is 10.4 Å². The third kappa shape index (κ3) is 3.64. The lowest BCUT2D eigenvalue weighted by Crippen LogP contribution is -2.45. The zero-order valence-corrected chi connectivity index (χ0v) is 14.3. The number of thioether (sulfide) groups is 1. The van der Waals surface area contributed by atoms with Crippen LogP contribution in [0.3, 0.4) is 0 Å². The van der Waals surface area contributed by atoms with Crippen molar-refractivity contribution in [3.8, 4) is 0 Å². The molecule has 1 amide bonds. The molecule has 0 spiro atoms. The smallest absolute Gasteiger partial charge is 0.220 e. The Balaban J connectivity index is 1.49. The van der Waals surface area contributed by atoms with Gasteiger partial charge in [-0.05, 0) is 37.7 Å². The van der Waals surface area contributed by atoms with Crippen LogP contribution in [0.2, 0.25) is 0 Å².